The molecule has 0 aliphatic carbocycles. The Morgan fingerprint density at radius 3 is 2.59 bits per heavy atom. The molecule has 2 N–H and O–H groups in total. The molecule has 0 bridgehead atoms. The molecule has 1 aromatic heterocycles. The average Bonchev–Trinajstić information content (AvgIpc) is 3.14. The van der Waals surface area contributed by atoms with Crippen molar-refractivity contribution in [3.8, 4) is 5.75 Å². The second-order valence-corrected chi connectivity index (χ2v) is 7.84. The molecular weight excluding hydrogens is 425 g/mol. The van der Waals surface area contributed by atoms with Crippen LogP contribution in [0.2, 0.25) is 0 Å². The fourth-order valence-corrected chi connectivity index (χ4v) is 3.79. The Morgan fingerprint density at radius 1 is 1.14 bits per heavy atom. The largest absolute Gasteiger partial charge is 0.497 e. The van der Waals surface area contributed by atoms with Crippen LogP contribution in [0.1, 0.15) is 5.56 Å². The fourth-order valence-electron chi connectivity index (χ4n) is 2.21. The van der Waals surface area contributed by atoms with Crippen molar-refractivity contribution in [2.24, 2.45) is 0 Å². The van der Waals surface area contributed by atoms with Gasteiger partial charge in [0.15, 0.2) is 4.34 Å². The smallest absolute Gasteiger partial charge is 0.416 e. The number of halogens is 3. The monoisotopic (exact) mass is 440 g/mol. The summed E-state index contributed by atoms with van der Waals surface area (Å²) in [4.78, 5) is 12.0. The van der Waals surface area contributed by atoms with Gasteiger partial charge in [-0.15, -0.1) is 10.2 Å². The summed E-state index contributed by atoms with van der Waals surface area (Å²) in [6.07, 6.45) is -4.46. The lowest BCUT2D eigenvalue weighted by Crippen LogP contribution is -2.15. The number of alkyl halides is 3. The Labute approximate surface area is 172 Å². The molecule has 0 saturated carbocycles. The summed E-state index contributed by atoms with van der Waals surface area (Å²) >= 11 is 2.41. The highest BCUT2D eigenvalue weighted by atomic mass is 32.2. The maximum atomic E-state index is 12.7. The maximum absolute atomic E-state index is 12.7. The maximum Gasteiger partial charge on any atom is 0.416 e. The zero-order valence-corrected chi connectivity index (χ0v) is 16.6. The van der Waals surface area contributed by atoms with Gasteiger partial charge in [-0.3, -0.25) is 4.79 Å². The van der Waals surface area contributed by atoms with Crippen molar-refractivity contribution in [2.45, 2.75) is 10.5 Å². The molecule has 0 spiro atoms. The van der Waals surface area contributed by atoms with Crippen molar-refractivity contribution in [1.29, 1.82) is 0 Å². The average molecular weight is 440 g/mol. The third kappa shape index (κ3) is 6.09. The first-order chi connectivity index (χ1) is 13.8. The number of rotatable bonds is 7. The molecule has 0 aliphatic heterocycles. The van der Waals surface area contributed by atoms with Crippen LogP contribution in [0.25, 0.3) is 0 Å². The van der Waals surface area contributed by atoms with E-state index in [1.54, 1.807) is 19.2 Å². The minimum Gasteiger partial charge on any atom is -0.497 e. The number of hydrogen-bond acceptors (Lipinski definition) is 7. The Bertz CT molecular complexity index is 978. The van der Waals surface area contributed by atoms with E-state index in [0.717, 1.165) is 35.3 Å². The second-order valence-electron chi connectivity index (χ2n) is 5.64. The van der Waals surface area contributed by atoms with E-state index in [9.17, 15) is 18.0 Å². The summed E-state index contributed by atoms with van der Waals surface area (Å²) in [7, 11) is 1.58. The molecule has 1 amide bonds. The van der Waals surface area contributed by atoms with Gasteiger partial charge >= 0.3 is 6.18 Å². The van der Waals surface area contributed by atoms with Gasteiger partial charge in [0.2, 0.25) is 11.0 Å². The van der Waals surface area contributed by atoms with Crippen LogP contribution in [0.4, 0.5) is 29.7 Å². The van der Waals surface area contributed by atoms with Crippen molar-refractivity contribution >= 4 is 45.5 Å². The normalized spacial score (nSPS) is 11.2. The lowest BCUT2D eigenvalue weighted by atomic mass is 10.2. The van der Waals surface area contributed by atoms with Crippen molar-refractivity contribution in [3.05, 3.63) is 54.1 Å². The fraction of sp³-hybridized carbons (Fsp3) is 0.167. The lowest BCUT2D eigenvalue weighted by molar-refractivity contribution is -0.137. The summed E-state index contributed by atoms with van der Waals surface area (Å²) in [6.45, 7) is 0. The molecule has 0 unspecified atom stereocenters. The first-order valence-electron chi connectivity index (χ1n) is 8.18. The van der Waals surface area contributed by atoms with Crippen molar-refractivity contribution < 1.29 is 22.7 Å². The van der Waals surface area contributed by atoms with Crippen LogP contribution in [-0.4, -0.2) is 29.0 Å². The number of anilines is 3. The molecular formula is C18H15F3N4O2S2. The number of benzene rings is 2. The zero-order valence-electron chi connectivity index (χ0n) is 15.0. The number of carbonyl (C=O) groups excluding carboxylic acids is 1. The van der Waals surface area contributed by atoms with Gasteiger partial charge in [-0.1, -0.05) is 29.2 Å². The number of carbonyl (C=O) groups is 1. The third-order valence-corrected chi connectivity index (χ3v) is 5.52. The highest BCUT2D eigenvalue weighted by Crippen LogP contribution is 2.31. The first-order valence-corrected chi connectivity index (χ1v) is 9.98. The molecule has 1 heterocycles. The summed E-state index contributed by atoms with van der Waals surface area (Å²) in [5, 5.41) is 14.1. The number of methoxy groups -OCH3 is 1. The Kier molecular flexibility index (Phi) is 6.60. The van der Waals surface area contributed by atoms with Crippen LogP contribution in [0.5, 0.6) is 5.75 Å². The number of nitrogens with zero attached hydrogens (tertiary/aromatic N) is 2. The van der Waals surface area contributed by atoms with E-state index in [4.69, 9.17) is 4.74 Å². The van der Waals surface area contributed by atoms with E-state index >= 15 is 0 Å². The van der Waals surface area contributed by atoms with Crippen LogP contribution >= 0.6 is 23.1 Å². The lowest BCUT2D eigenvalue weighted by Gasteiger charge is -2.09. The number of thioether (sulfide) groups is 1. The molecule has 0 radical (unpaired) electrons. The van der Waals surface area contributed by atoms with Gasteiger partial charge < -0.3 is 15.4 Å². The molecule has 0 aliphatic rings. The van der Waals surface area contributed by atoms with Crippen molar-refractivity contribution in [1.82, 2.24) is 10.2 Å². The standard InChI is InChI=1S/C18H15F3N4O2S2/c1-27-14-7-5-12(6-8-14)23-16-24-25-17(29-16)28-10-15(26)22-13-4-2-3-11(9-13)18(19,20)21/h2-9H,10H2,1H3,(H,22,26)(H,23,24). The van der Waals surface area contributed by atoms with Crippen molar-refractivity contribution in [2.75, 3.05) is 23.5 Å². The third-order valence-electron chi connectivity index (χ3n) is 3.55. The summed E-state index contributed by atoms with van der Waals surface area (Å²) in [5.74, 6) is 0.290. The molecule has 29 heavy (non-hydrogen) atoms. The van der Waals surface area contributed by atoms with Crippen LogP contribution in [-0.2, 0) is 11.0 Å². The Morgan fingerprint density at radius 2 is 1.90 bits per heavy atom. The van der Waals surface area contributed by atoms with E-state index in [1.165, 1.54) is 23.5 Å². The molecule has 0 fully saturated rings. The number of aromatic nitrogens is 2. The van der Waals surface area contributed by atoms with Gasteiger partial charge in [0.25, 0.3) is 0 Å². The van der Waals surface area contributed by atoms with Crippen LogP contribution in [0.15, 0.2) is 52.9 Å². The topological polar surface area (TPSA) is 76.1 Å². The van der Waals surface area contributed by atoms with E-state index < -0.39 is 17.6 Å². The predicted octanol–water partition coefficient (Wildman–Crippen LogP) is 5.04. The Hall–Kier alpha value is -2.79. The molecule has 3 aromatic rings. The van der Waals surface area contributed by atoms with E-state index in [-0.39, 0.29) is 11.4 Å². The van der Waals surface area contributed by atoms with E-state index in [1.807, 2.05) is 12.1 Å². The second kappa shape index (κ2) is 9.14. The van der Waals surface area contributed by atoms with Gasteiger partial charge in [0.05, 0.1) is 18.4 Å². The van der Waals surface area contributed by atoms with Crippen LogP contribution in [0, 0.1) is 0 Å². The van der Waals surface area contributed by atoms with Gasteiger partial charge in [-0.25, -0.2) is 0 Å². The van der Waals surface area contributed by atoms with Gasteiger partial charge in [-0.2, -0.15) is 13.2 Å². The molecule has 6 nitrogen and oxygen atoms in total. The first kappa shape index (κ1) is 20.9. The molecule has 0 atom stereocenters. The van der Waals surface area contributed by atoms with Crippen LogP contribution in [0.3, 0.4) is 0 Å². The highest BCUT2D eigenvalue weighted by molar-refractivity contribution is 8.01. The number of ether oxygens (including phenoxy) is 1. The molecule has 152 valence electrons. The van der Waals surface area contributed by atoms with Gasteiger partial charge in [0, 0.05) is 11.4 Å². The minimum absolute atomic E-state index is 0.00653. The quantitative estimate of drug-likeness (QED) is 0.502. The minimum atomic E-state index is -4.46. The van der Waals surface area contributed by atoms with Gasteiger partial charge in [-0.05, 0) is 42.5 Å². The Balaban J connectivity index is 1.52. The highest BCUT2D eigenvalue weighted by Gasteiger charge is 2.30. The van der Waals surface area contributed by atoms with Crippen molar-refractivity contribution in [3.63, 3.8) is 0 Å². The number of amides is 1. The van der Waals surface area contributed by atoms with Gasteiger partial charge in [0.1, 0.15) is 5.75 Å². The predicted molar refractivity (Wildman–Crippen MR) is 107 cm³/mol. The molecule has 3 rings (SSSR count). The zero-order chi connectivity index (χ0) is 20.9. The molecule has 11 heteroatoms. The van der Waals surface area contributed by atoms with E-state index in [2.05, 4.69) is 20.8 Å². The summed E-state index contributed by atoms with van der Waals surface area (Å²) < 4.78 is 43.8. The number of hydrogen-bond donors (Lipinski definition) is 2. The number of nitrogens with one attached hydrogen (secondary N) is 2. The summed E-state index contributed by atoms with van der Waals surface area (Å²) in [6, 6.07) is 11.7. The van der Waals surface area contributed by atoms with Crippen LogP contribution < -0.4 is 15.4 Å². The van der Waals surface area contributed by atoms with E-state index in [0.29, 0.717) is 9.47 Å². The summed E-state index contributed by atoms with van der Waals surface area (Å²) in [5.41, 5.74) is 0.0756. The SMILES string of the molecule is COc1ccc(Nc2nnc(SCC(=O)Nc3cccc(C(F)(F)F)c3)s2)cc1. The molecule has 2 aromatic carbocycles. The molecule has 0 saturated heterocycles.